The molecule has 0 aliphatic carbocycles. The molecule has 1 fully saturated rings. The predicted octanol–water partition coefficient (Wildman–Crippen LogP) is 2.25. The third-order valence-corrected chi connectivity index (χ3v) is 6.75. The van der Waals surface area contributed by atoms with Gasteiger partial charge in [0, 0.05) is 28.9 Å². The van der Waals surface area contributed by atoms with Crippen LogP contribution in [0.3, 0.4) is 0 Å². The molecule has 0 saturated carbocycles. The van der Waals surface area contributed by atoms with Gasteiger partial charge in [-0.15, -0.1) is 0 Å². The van der Waals surface area contributed by atoms with Crippen molar-refractivity contribution in [2.24, 2.45) is 0 Å². The molecule has 18 heavy (non-hydrogen) atoms. The number of nitrogens with zero attached hydrogens (tertiary/aromatic N) is 1. The number of hydrogen-bond donors (Lipinski definition) is 1. The third-order valence-electron chi connectivity index (χ3n) is 3.43. The molecule has 1 aliphatic heterocycles. The Balaban J connectivity index is 2.50. The lowest BCUT2D eigenvalue weighted by molar-refractivity contribution is -0.384. The first-order chi connectivity index (χ1) is 8.27. The van der Waals surface area contributed by atoms with E-state index in [1.165, 1.54) is 18.2 Å². The third kappa shape index (κ3) is 1.89. The van der Waals surface area contributed by atoms with E-state index in [2.05, 4.69) is 6.58 Å². The van der Waals surface area contributed by atoms with Gasteiger partial charge in [0.15, 0.2) is 0 Å². The molecule has 1 aromatic carbocycles. The average Bonchev–Trinajstić information content (AvgIpc) is 2.55. The molecule has 0 aromatic heterocycles. The summed E-state index contributed by atoms with van der Waals surface area (Å²) in [5, 5.41) is 21.4. The van der Waals surface area contributed by atoms with E-state index in [9.17, 15) is 19.8 Å². The van der Waals surface area contributed by atoms with Gasteiger partial charge in [-0.2, -0.15) is 0 Å². The smallest absolute Gasteiger partial charge is 0.270 e. The quantitative estimate of drug-likeness (QED) is 0.506. The first-order valence-electron chi connectivity index (χ1n) is 5.54. The Morgan fingerprint density at radius 3 is 2.72 bits per heavy atom. The summed E-state index contributed by atoms with van der Waals surface area (Å²) in [6.45, 7) is 5.30. The molecule has 0 radical (unpaired) electrons. The van der Waals surface area contributed by atoms with Gasteiger partial charge in [-0.3, -0.25) is 10.1 Å². The van der Waals surface area contributed by atoms with Crippen LogP contribution in [0, 0.1) is 10.1 Å². The Bertz CT molecular complexity index is 579. The van der Waals surface area contributed by atoms with E-state index in [4.69, 9.17) is 0 Å². The highest BCUT2D eigenvalue weighted by molar-refractivity contribution is 7.76. The van der Waals surface area contributed by atoms with Crippen molar-refractivity contribution in [2.45, 2.75) is 18.9 Å². The Morgan fingerprint density at radius 1 is 1.56 bits per heavy atom. The average molecular weight is 267 g/mol. The maximum absolute atomic E-state index is 12.9. The van der Waals surface area contributed by atoms with E-state index in [0.717, 1.165) is 0 Å². The first-order valence-corrected chi connectivity index (χ1v) is 7.43. The molecule has 1 saturated heterocycles. The number of benzene rings is 1. The van der Waals surface area contributed by atoms with Gasteiger partial charge in [0.1, 0.15) is 7.14 Å². The summed E-state index contributed by atoms with van der Waals surface area (Å²) in [6.07, 6.45) is 0.672. The number of nitro benzene ring substituents is 1. The molecular formula is C12H14NO4P. The van der Waals surface area contributed by atoms with E-state index in [-0.39, 0.29) is 11.0 Å². The SMILES string of the molecule is C=C1[C@](C)(O)CC[P@@]1(=O)c1cccc([N+](=O)[O-])c1. The summed E-state index contributed by atoms with van der Waals surface area (Å²) in [4.78, 5) is 10.2. The second-order valence-electron chi connectivity index (χ2n) is 4.71. The van der Waals surface area contributed by atoms with Gasteiger partial charge in [0.2, 0.25) is 0 Å². The lowest BCUT2D eigenvalue weighted by Crippen LogP contribution is -2.21. The minimum atomic E-state index is -2.95. The van der Waals surface area contributed by atoms with E-state index in [0.29, 0.717) is 17.9 Å². The van der Waals surface area contributed by atoms with E-state index in [1.54, 1.807) is 13.0 Å². The van der Waals surface area contributed by atoms with Gasteiger partial charge in [0.05, 0.1) is 10.5 Å². The van der Waals surface area contributed by atoms with Crippen molar-refractivity contribution in [2.75, 3.05) is 6.16 Å². The van der Waals surface area contributed by atoms with Gasteiger partial charge in [-0.25, -0.2) is 0 Å². The lowest BCUT2D eigenvalue weighted by atomic mass is 10.1. The minimum Gasteiger partial charge on any atom is -0.385 e. The molecular weight excluding hydrogens is 253 g/mol. The largest absolute Gasteiger partial charge is 0.385 e. The highest BCUT2D eigenvalue weighted by Gasteiger charge is 2.46. The van der Waals surface area contributed by atoms with Crippen LogP contribution >= 0.6 is 7.14 Å². The summed E-state index contributed by atoms with van der Waals surface area (Å²) in [5.74, 6) is 0. The van der Waals surface area contributed by atoms with Crippen LogP contribution in [0.2, 0.25) is 0 Å². The highest BCUT2D eigenvalue weighted by Crippen LogP contribution is 2.63. The van der Waals surface area contributed by atoms with Crippen LogP contribution in [0.5, 0.6) is 0 Å². The van der Waals surface area contributed by atoms with Gasteiger partial charge in [-0.05, 0) is 13.3 Å². The number of non-ortho nitro benzene ring substituents is 1. The maximum Gasteiger partial charge on any atom is 0.270 e. The van der Waals surface area contributed by atoms with Gasteiger partial charge < -0.3 is 9.67 Å². The lowest BCUT2D eigenvalue weighted by Gasteiger charge is -2.20. The Labute approximate surface area is 105 Å². The second-order valence-corrected chi connectivity index (χ2v) is 7.69. The summed E-state index contributed by atoms with van der Waals surface area (Å²) >= 11 is 0. The van der Waals surface area contributed by atoms with Crippen molar-refractivity contribution in [1.82, 2.24) is 0 Å². The molecule has 5 nitrogen and oxygen atoms in total. The monoisotopic (exact) mass is 267 g/mol. The topological polar surface area (TPSA) is 80.4 Å². The molecule has 1 aliphatic rings. The Hall–Kier alpha value is -1.45. The number of hydrogen-bond acceptors (Lipinski definition) is 4. The van der Waals surface area contributed by atoms with Crippen molar-refractivity contribution < 1.29 is 14.6 Å². The normalized spacial score (nSPS) is 31.6. The second kappa shape index (κ2) is 4.04. The van der Waals surface area contributed by atoms with Crippen LogP contribution in [0.1, 0.15) is 13.3 Å². The van der Waals surface area contributed by atoms with Gasteiger partial charge >= 0.3 is 0 Å². The molecule has 0 spiro atoms. The van der Waals surface area contributed by atoms with Crippen molar-refractivity contribution >= 4 is 18.1 Å². The minimum absolute atomic E-state index is 0.0953. The highest BCUT2D eigenvalue weighted by atomic mass is 31.2. The van der Waals surface area contributed by atoms with Crippen molar-refractivity contribution in [3.8, 4) is 0 Å². The Kier molecular flexibility index (Phi) is 2.92. The van der Waals surface area contributed by atoms with E-state index in [1.807, 2.05) is 0 Å². The molecule has 1 heterocycles. The van der Waals surface area contributed by atoms with E-state index >= 15 is 0 Å². The van der Waals surface area contributed by atoms with Gasteiger partial charge in [0.25, 0.3) is 5.69 Å². The number of rotatable bonds is 2. The fraction of sp³-hybridized carbons (Fsp3) is 0.333. The predicted molar refractivity (Wildman–Crippen MR) is 69.6 cm³/mol. The Morgan fingerprint density at radius 2 is 2.22 bits per heavy atom. The molecule has 0 bridgehead atoms. The molecule has 1 N–H and O–H groups in total. The molecule has 2 atom stereocenters. The maximum atomic E-state index is 12.9. The molecule has 6 heteroatoms. The zero-order valence-electron chi connectivity index (χ0n) is 10.00. The fourth-order valence-electron chi connectivity index (χ4n) is 2.16. The zero-order valence-corrected chi connectivity index (χ0v) is 10.9. The molecule has 2 rings (SSSR count). The molecule has 0 amide bonds. The van der Waals surface area contributed by atoms with Crippen LogP contribution in [-0.4, -0.2) is 21.8 Å². The number of aliphatic hydroxyl groups is 1. The standard InChI is InChI=1S/C12H14NO4P/c1-9-12(2,14)6-7-18(9,17)11-5-3-4-10(8-11)13(15)16/h3-5,8,14H,1,6-7H2,2H3/t12-,18+/m1/s1. The van der Waals surface area contributed by atoms with Crippen LogP contribution in [0.25, 0.3) is 0 Å². The van der Waals surface area contributed by atoms with Gasteiger partial charge in [-0.1, -0.05) is 18.7 Å². The van der Waals surface area contributed by atoms with Crippen molar-refractivity contribution in [3.05, 3.63) is 46.3 Å². The van der Waals surface area contributed by atoms with Crippen LogP contribution in [0.4, 0.5) is 5.69 Å². The first kappa shape index (κ1) is 13.0. The number of nitro groups is 1. The summed E-state index contributed by atoms with van der Waals surface area (Å²) in [7, 11) is -2.95. The van der Waals surface area contributed by atoms with Crippen molar-refractivity contribution in [1.29, 1.82) is 0 Å². The van der Waals surface area contributed by atoms with Crippen molar-refractivity contribution in [3.63, 3.8) is 0 Å². The molecule has 0 unspecified atom stereocenters. The zero-order chi connectivity index (χ0) is 13.6. The van der Waals surface area contributed by atoms with E-state index < -0.39 is 17.7 Å². The summed E-state index contributed by atoms with van der Waals surface area (Å²) < 4.78 is 12.9. The van der Waals surface area contributed by atoms with Crippen LogP contribution in [0.15, 0.2) is 36.2 Å². The molecule has 96 valence electrons. The summed E-state index contributed by atoms with van der Waals surface area (Å²) in [5.41, 5.74) is -1.25. The molecule has 1 aromatic rings. The van der Waals surface area contributed by atoms with Crippen LogP contribution in [-0.2, 0) is 4.57 Å². The fourth-order valence-corrected chi connectivity index (χ4v) is 5.31. The van der Waals surface area contributed by atoms with Crippen LogP contribution < -0.4 is 5.30 Å². The summed E-state index contributed by atoms with van der Waals surface area (Å²) in [6, 6.07) is 5.77.